The molecule has 0 radical (unpaired) electrons. The Kier molecular flexibility index (Phi) is 9.72. The quantitative estimate of drug-likeness (QED) is 0.338. The van der Waals surface area contributed by atoms with Gasteiger partial charge in [0.15, 0.2) is 15.3 Å². The van der Waals surface area contributed by atoms with E-state index in [1.807, 2.05) is 0 Å². The van der Waals surface area contributed by atoms with Crippen LogP contribution in [0.25, 0.3) is 0 Å². The number of nitrogen functional groups attached to an aromatic ring is 1. The number of hydrogen-bond acceptors (Lipinski definition) is 7. The van der Waals surface area contributed by atoms with Crippen LogP contribution in [0.15, 0.2) is 17.1 Å². The fourth-order valence-electron chi connectivity index (χ4n) is 4.46. The van der Waals surface area contributed by atoms with Crippen molar-refractivity contribution in [2.24, 2.45) is 0 Å². The summed E-state index contributed by atoms with van der Waals surface area (Å²) in [6, 6.07) is 1.53. The molecule has 1 unspecified atom stereocenters. The van der Waals surface area contributed by atoms with Gasteiger partial charge in [-0.3, -0.25) is 4.57 Å². The smallest absolute Gasteiger partial charge is 0.351 e. The Morgan fingerprint density at radius 1 is 1.22 bits per heavy atom. The van der Waals surface area contributed by atoms with Crippen molar-refractivity contribution in [1.29, 1.82) is 0 Å². The van der Waals surface area contributed by atoms with E-state index in [2.05, 4.69) is 76.3 Å². The van der Waals surface area contributed by atoms with Crippen LogP contribution in [0, 0.1) is 0 Å². The third-order valence-corrected chi connectivity index (χ3v) is 16.2. The van der Waals surface area contributed by atoms with Crippen LogP contribution in [0.1, 0.15) is 61.6 Å². The first-order valence-electron chi connectivity index (χ1n) is 11.5. The lowest BCUT2D eigenvalue weighted by Crippen LogP contribution is -2.54. The van der Waals surface area contributed by atoms with Gasteiger partial charge in [0, 0.05) is 6.20 Å². The number of anilines is 1. The van der Waals surface area contributed by atoms with Gasteiger partial charge < -0.3 is 24.1 Å². The van der Waals surface area contributed by atoms with Crippen LogP contribution >= 0.6 is 15.9 Å². The third kappa shape index (κ3) is 5.91. The van der Waals surface area contributed by atoms with Crippen LogP contribution in [0.3, 0.4) is 0 Å². The summed E-state index contributed by atoms with van der Waals surface area (Å²) >= 11 is 3.49. The van der Waals surface area contributed by atoms with Gasteiger partial charge in [0.25, 0.3) is 0 Å². The van der Waals surface area contributed by atoms with Crippen LogP contribution in [0.2, 0.25) is 22.2 Å². The zero-order chi connectivity index (χ0) is 24.4. The highest BCUT2D eigenvalue weighted by Crippen LogP contribution is 2.40. The molecule has 8 nitrogen and oxygen atoms in total. The number of aromatic nitrogens is 2. The SMILES string of the molecule is CC(C)[SiH](O[Si](OC[C@H]1O[C@@H](n2ccc(N)nc2=O)[C@@H](Br)C1O)(C(C)C)C(C)C)C(C)C. The van der Waals surface area contributed by atoms with Crippen molar-refractivity contribution >= 4 is 39.3 Å². The van der Waals surface area contributed by atoms with E-state index >= 15 is 0 Å². The zero-order valence-electron chi connectivity index (χ0n) is 20.5. The van der Waals surface area contributed by atoms with E-state index < -0.39 is 46.6 Å². The van der Waals surface area contributed by atoms with Crippen LogP contribution in [0.4, 0.5) is 5.82 Å². The molecule has 0 spiro atoms. The van der Waals surface area contributed by atoms with Gasteiger partial charge in [-0.25, -0.2) is 4.79 Å². The number of alkyl halides is 1. The molecule has 2 rings (SSSR count). The van der Waals surface area contributed by atoms with Gasteiger partial charge >= 0.3 is 14.3 Å². The molecule has 2 heterocycles. The molecule has 0 aromatic carbocycles. The van der Waals surface area contributed by atoms with E-state index in [9.17, 15) is 9.90 Å². The number of nitrogens with two attached hydrogens (primary N) is 1. The van der Waals surface area contributed by atoms with Gasteiger partial charge in [-0.2, -0.15) is 4.98 Å². The van der Waals surface area contributed by atoms with E-state index in [-0.39, 0.29) is 23.5 Å². The molecule has 0 aliphatic carbocycles. The number of aliphatic hydroxyl groups excluding tert-OH is 1. The van der Waals surface area contributed by atoms with E-state index in [0.29, 0.717) is 11.1 Å². The Morgan fingerprint density at radius 2 is 1.78 bits per heavy atom. The van der Waals surface area contributed by atoms with Crippen molar-refractivity contribution in [2.75, 3.05) is 12.3 Å². The van der Waals surface area contributed by atoms with Gasteiger partial charge in [-0.1, -0.05) is 71.3 Å². The molecule has 0 amide bonds. The van der Waals surface area contributed by atoms with Gasteiger partial charge in [0.1, 0.15) is 11.9 Å². The second-order valence-electron chi connectivity index (χ2n) is 9.95. The number of halogens is 1. The van der Waals surface area contributed by atoms with Gasteiger partial charge in [0.2, 0.25) is 0 Å². The standard InChI is InChI=1S/C21H40BrN3O5Si2/c1-12(2)31(13(3)4)30-32(14(5)6,15(7)8)28-11-16-19(26)18(22)20(29-16)25-10-9-17(23)24-21(25)27/h9-10,12-16,18-20,26,31H,11H2,1-8H3,(H2,23,24,27)/t16-,18+,19?,20-/m1/s1. The Labute approximate surface area is 203 Å². The minimum Gasteiger partial charge on any atom is -0.437 e. The second kappa shape index (κ2) is 11.2. The number of nitrogens with zero attached hydrogens (tertiary/aromatic N) is 2. The number of hydrogen-bond donors (Lipinski definition) is 2. The maximum Gasteiger partial charge on any atom is 0.351 e. The van der Waals surface area contributed by atoms with Crippen molar-refractivity contribution in [2.45, 2.75) is 101 Å². The summed E-state index contributed by atoms with van der Waals surface area (Å²) in [5, 5.41) is 10.8. The summed E-state index contributed by atoms with van der Waals surface area (Å²) in [4.78, 5) is 15.6. The molecule has 184 valence electrons. The van der Waals surface area contributed by atoms with Gasteiger partial charge in [-0.05, 0) is 28.2 Å². The fourth-order valence-corrected chi connectivity index (χ4v) is 15.5. The van der Waals surface area contributed by atoms with Crippen molar-refractivity contribution in [3.05, 3.63) is 22.7 Å². The molecular weight excluding hydrogens is 510 g/mol. The highest BCUT2D eigenvalue weighted by molar-refractivity contribution is 9.09. The molecule has 11 heteroatoms. The predicted molar refractivity (Wildman–Crippen MR) is 136 cm³/mol. The average molecular weight is 551 g/mol. The second-order valence-corrected chi connectivity index (χ2v) is 19.6. The summed E-state index contributed by atoms with van der Waals surface area (Å²) in [7, 11) is -4.15. The lowest BCUT2D eigenvalue weighted by Gasteiger charge is -2.43. The lowest BCUT2D eigenvalue weighted by molar-refractivity contribution is -0.0463. The predicted octanol–water partition coefficient (Wildman–Crippen LogP) is 3.69. The fraction of sp³-hybridized carbons (Fsp3) is 0.810. The van der Waals surface area contributed by atoms with Crippen molar-refractivity contribution in [3.8, 4) is 0 Å². The molecule has 1 aliphatic heterocycles. The first-order valence-corrected chi connectivity index (χ1v) is 16.1. The van der Waals surface area contributed by atoms with Crippen LogP contribution in [-0.4, -0.2) is 55.9 Å². The maximum atomic E-state index is 12.3. The molecule has 1 fully saturated rings. The first-order chi connectivity index (χ1) is 14.8. The summed E-state index contributed by atoms with van der Waals surface area (Å²) in [6.45, 7) is 17.8. The minimum absolute atomic E-state index is 0.145. The Balaban J connectivity index is 2.24. The number of rotatable bonds is 10. The summed E-state index contributed by atoms with van der Waals surface area (Å²) in [6.07, 6.45) is -0.618. The molecule has 1 aromatic rings. The Bertz CT molecular complexity index is 792. The van der Waals surface area contributed by atoms with Crippen LogP contribution in [-0.2, 0) is 13.3 Å². The van der Waals surface area contributed by atoms with Crippen molar-refractivity contribution < 1.29 is 18.4 Å². The molecule has 1 aromatic heterocycles. The van der Waals surface area contributed by atoms with E-state index in [4.69, 9.17) is 19.0 Å². The normalized spacial score (nSPS) is 24.6. The van der Waals surface area contributed by atoms with Crippen molar-refractivity contribution in [3.63, 3.8) is 0 Å². The topological polar surface area (TPSA) is 109 Å². The molecule has 32 heavy (non-hydrogen) atoms. The average Bonchev–Trinajstić information content (AvgIpc) is 2.95. The molecule has 0 bridgehead atoms. The highest BCUT2D eigenvalue weighted by atomic mass is 79.9. The summed E-state index contributed by atoms with van der Waals surface area (Å²) in [5.41, 5.74) is 6.56. The summed E-state index contributed by atoms with van der Waals surface area (Å²) in [5.74, 6) is 0.145. The lowest BCUT2D eigenvalue weighted by atomic mass is 10.2. The molecule has 1 saturated heterocycles. The monoisotopic (exact) mass is 549 g/mol. The van der Waals surface area contributed by atoms with Gasteiger partial charge in [0.05, 0.1) is 17.5 Å². The minimum atomic E-state index is -2.62. The van der Waals surface area contributed by atoms with E-state index in [1.54, 1.807) is 0 Å². The van der Waals surface area contributed by atoms with Crippen molar-refractivity contribution in [1.82, 2.24) is 9.55 Å². The largest absolute Gasteiger partial charge is 0.437 e. The van der Waals surface area contributed by atoms with E-state index in [0.717, 1.165) is 0 Å². The molecule has 1 aliphatic rings. The first kappa shape index (κ1) is 27.7. The molecule has 3 N–H and O–H groups in total. The summed E-state index contributed by atoms with van der Waals surface area (Å²) < 4.78 is 21.0. The molecule has 4 atom stereocenters. The van der Waals surface area contributed by atoms with Crippen LogP contribution in [0.5, 0.6) is 0 Å². The van der Waals surface area contributed by atoms with E-state index in [1.165, 1.54) is 16.8 Å². The number of aliphatic hydroxyl groups is 1. The molecular formula is C21H40BrN3O5Si2. The maximum absolute atomic E-state index is 12.3. The van der Waals surface area contributed by atoms with Gasteiger partial charge in [-0.15, -0.1) is 0 Å². The zero-order valence-corrected chi connectivity index (χ0v) is 24.2. The Morgan fingerprint density at radius 3 is 2.25 bits per heavy atom. The Hall–Kier alpha value is -0.566. The number of ether oxygens (including phenoxy) is 1. The highest BCUT2D eigenvalue weighted by Gasteiger charge is 2.50. The molecule has 0 saturated carbocycles. The van der Waals surface area contributed by atoms with Crippen LogP contribution < -0.4 is 11.4 Å². The third-order valence-electron chi connectivity index (χ3n) is 6.14.